The van der Waals surface area contributed by atoms with Gasteiger partial charge in [-0.25, -0.2) is 0 Å². The van der Waals surface area contributed by atoms with Crippen LogP contribution in [0.3, 0.4) is 0 Å². The van der Waals surface area contributed by atoms with E-state index >= 15 is 0 Å². The first kappa shape index (κ1) is 18.0. The Kier molecular flexibility index (Phi) is 5.19. The molecule has 0 aliphatic carbocycles. The predicted octanol–water partition coefficient (Wildman–Crippen LogP) is 4.47. The lowest BCUT2D eigenvalue weighted by atomic mass is 10.1. The molecule has 0 fully saturated rings. The quantitative estimate of drug-likeness (QED) is 0.501. The first-order chi connectivity index (χ1) is 13.7. The summed E-state index contributed by atoms with van der Waals surface area (Å²) in [5.74, 6) is 1.33. The summed E-state index contributed by atoms with van der Waals surface area (Å²) >= 11 is 0. The maximum Gasteiger partial charge on any atom is 0.251 e. The molecule has 0 radical (unpaired) electrons. The molecule has 0 atom stereocenters. The Labute approximate surface area is 164 Å². The topological polar surface area (TPSA) is 69.7 Å². The number of anilines is 3. The van der Waals surface area contributed by atoms with Gasteiger partial charge >= 0.3 is 0 Å². The molecule has 0 spiro atoms. The number of hydrogen-bond acceptors (Lipinski definition) is 5. The third-order valence-electron chi connectivity index (χ3n) is 4.79. The van der Waals surface area contributed by atoms with Crippen molar-refractivity contribution >= 4 is 28.4 Å². The maximum absolute atomic E-state index is 4.66. The zero-order valence-electron chi connectivity index (χ0n) is 16.2. The smallest absolute Gasteiger partial charge is 0.251 e. The van der Waals surface area contributed by atoms with Crippen LogP contribution in [0.4, 0.5) is 17.5 Å². The molecule has 4 rings (SSSR count). The summed E-state index contributed by atoms with van der Waals surface area (Å²) in [6.07, 6.45) is 4.65. The van der Waals surface area contributed by atoms with Crippen molar-refractivity contribution in [3.63, 3.8) is 0 Å². The van der Waals surface area contributed by atoms with Gasteiger partial charge < -0.3 is 15.2 Å². The standard InChI is InChI=1S/C22H24N6/c1-3-28(18-8-6-7-16(2)13-18)22-26-21(15-25-27-22)23-12-11-17-14-24-20-10-5-4-9-19(17)20/h4-10,13-15,24H,3,11-12H2,1-2H3,(H,23,26,27). The number of aryl methyl sites for hydroxylation is 1. The molecule has 0 aliphatic rings. The largest absolute Gasteiger partial charge is 0.368 e. The second-order valence-electron chi connectivity index (χ2n) is 6.76. The fourth-order valence-corrected chi connectivity index (χ4v) is 3.39. The zero-order valence-corrected chi connectivity index (χ0v) is 16.2. The Morgan fingerprint density at radius 1 is 1.11 bits per heavy atom. The van der Waals surface area contributed by atoms with Gasteiger partial charge in [0.15, 0.2) is 5.82 Å². The van der Waals surface area contributed by atoms with Crippen LogP contribution >= 0.6 is 0 Å². The van der Waals surface area contributed by atoms with Crippen LogP contribution in [0.15, 0.2) is 60.9 Å². The summed E-state index contributed by atoms with van der Waals surface area (Å²) in [6, 6.07) is 16.7. The molecule has 0 saturated carbocycles. The highest BCUT2D eigenvalue weighted by molar-refractivity contribution is 5.83. The molecule has 0 bridgehead atoms. The highest BCUT2D eigenvalue weighted by Gasteiger charge is 2.12. The Balaban J connectivity index is 1.46. The van der Waals surface area contributed by atoms with Crippen LogP contribution in [-0.2, 0) is 6.42 Å². The maximum atomic E-state index is 4.66. The fourth-order valence-electron chi connectivity index (χ4n) is 3.39. The average Bonchev–Trinajstić information content (AvgIpc) is 3.12. The van der Waals surface area contributed by atoms with Gasteiger partial charge in [0.2, 0.25) is 0 Å². The van der Waals surface area contributed by atoms with Crippen LogP contribution in [0.25, 0.3) is 10.9 Å². The number of H-pyrrole nitrogens is 1. The molecule has 4 aromatic rings. The Morgan fingerprint density at radius 3 is 2.86 bits per heavy atom. The van der Waals surface area contributed by atoms with Crippen molar-refractivity contribution in [2.75, 3.05) is 23.3 Å². The van der Waals surface area contributed by atoms with Crippen molar-refractivity contribution in [2.45, 2.75) is 20.3 Å². The molecule has 0 saturated heterocycles. The highest BCUT2D eigenvalue weighted by Crippen LogP contribution is 2.23. The van der Waals surface area contributed by atoms with Crippen molar-refractivity contribution in [3.8, 4) is 0 Å². The normalized spacial score (nSPS) is 10.9. The SMILES string of the molecule is CCN(c1cccc(C)c1)c1nncc(NCCc2c[nH]c3ccccc23)n1. The van der Waals surface area contributed by atoms with E-state index in [1.807, 2.05) is 12.1 Å². The summed E-state index contributed by atoms with van der Waals surface area (Å²) in [6.45, 7) is 5.71. The molecule has 2 aromatic heterocycles. The number of nitrogens with zero attached hydrogens (tertiary/aromatic N) is 4. The van der Waals surface area contributed by atoms with E-state index < -0.39 is 0 Å². The number of nitrogens with one attached hydrogen (secondary N) is 2. The fraction of sp³-hybridized carbons (Fsp3) is 0.227. The number of aromatic amines is 1. The molecule has 0 unspecified atom stereocenters. The van der Waals surface area contributed by atoms with Crippen LogP contribution in [-0.4, -0.2) is 33.3 Å². The number of aromatic nitrogens is 4. The lowest BCUT2D eigenvalue weighted by Gasteiger charge is -2.21. The molecule has 2 heterocycles. The van der Waals surface area contributed by atoms with Gasteiger partial charge in [-0.1, -0.05) is 30.3 Å². The summed E-state index contributed by atoms with van der Waals surface area (Å²) < 4.78 is 0. The van der Waals surface area contributed by atoms with E-state index in [1.54, 1.807) is 6.20 Å². The molecule has 6 heteroatoms. The van der Waals surface area contributed by atoms with Crippen LogP contribution in [0.1, 0.15) is 18.1 Å². The average molecular weight is 372 g/mol. The number of hydrogen-bond donors (Lipinski definition) is 2. The third kappa shape index (κ3) is 3.81. The second-order valence-corrected chi connectivity index (χ2v) is 6.76. The molecular weight excluding hydrogens is 348 g/mol. The number of rotatable bonds is 7. The van der Waals surface area contributed by atoms with Crippen LogP contribution < -0.4 is 10.2 Å². The van der Waals surface area contributed by atoms with Crippen molar-refractivity contribution < 1.29 is 0 Å². The van der Waals surface area contributed by atoms with E-state index in [4.69, 9.17) is 0 Å². The molecule has 2 N–H and O–H groups in total. The monoisotopic (exact) mass is 372 g/mol. The van der Waals surface area contributed by atoms with Crippen molar-refractivity contribution in [3.05, 3.63) is 72.1 Å². The van der Waals surface area contributed by atoms with Crippen molar-refractivity contribution in [2.24, 2.45) is 0 Å². The van der Waals surface area contributed by atoms with E-state index in [9.17, 15) is 0 Å². The van der Waals surface area contributed by atoms with Gasteiger partial charge in [-0.05, 0) is 49.6 Å². The van der Waals surface area contributed by atoms with E-state index in [0.717, 1.165) is 31.0 Å². The van der Waals surface area contributed by atoms with Crippen LogP contribution in [0.5, 0.6) is 0 Å². The lowest BCUT2D eigenvalue weighted by Crippen LogP contribution is -2.20. The molecule has 0 amide bonds. The van der Waals surface area contributed by atoms with Crippen molar-refractivity contribution in [1.29, 1.82) is 0 Å². The summed E-state index contributed by atoms with van der Waals surface area (Å²) in [5.41, 5.74) is 4.73. The highest BCUT2D eigenvalue weighted by atomic mass is 15.3. The van der Waals surface area contributed by atoms with Gasteiger partial charge in [0.05, 0.1) is 6.20 Å². The van der Waals surface area contributed by atoms with Crippen LogP contribution in [0, 0.1) is 6.92 Å². The van der Waals surface area contributed by atoms with Crippen LogP contribution in [0.2, 0.25) is 0 Å². The molecular formula is C22H24N6. The van der Waals surface area contributed by atoms with Gasteiger partial charge in [0.1, 0.15) is 0 Å². The molecule has 28 heavy (non-hydrogen) atoms. The summed E-state index contributed by atoms with van der Waals surface area (Å²) in [4.78, 5) is 10.0. The molecule has 0 aliphatic heterocycles. The lowest BCUT2D eigenvalue weighted by molar-refractivity contribution is 0.878. The second kappa shape index (κ2) is 8.08. The summed E-state index contributed by atoms with van der Waals surface area (Å²) in [5, 5.41) is 13.0. The summed E-state index contributed by atoms with van der Waals surface area (Å²) in [7, 11) is 0. The Hall–Kier alpha value is -3.41. The predicted molar refractivity (Wildman–Crippen MR) is 114 cm³/mol. The van der Waals surface area contributed by atoms with E-state index in [2.05, 4.69) is 86.8 Å². The first-order valence-corrected chi connectivity index (χ1v) is 9.57. The van der Waals surface area contributed by atoms with Gasteiger partial charge in [-0.3, -0.25) is 0 Å². The van der Waals surface area contributed by atoms with E-state index in [-0.39, 0.29) is 0 Å². The van der Waals surface area contributed by atoms with Gasteiger partial charge in [-0.15, -0.1) is 5.10 Å². The van der Waals surface area contributed by atoms with Gasteiger partial charge in [0.25, 0.3) is 5.95 Å². The number of para-hydroxylation sites is 1. The Morgan fingerprint density at radius 2 is 2.00 bits per heavy atom. The Bertz CT molecular complexity index is 1070. The van der Waals surface area contributed by atoms with E-state index in [1.165, 1.54) is 22.0 Å². The van der Waals surface area contributed by atoms with Gasteiger partial charge in [-0.2, -0.15) is 10.1 Å². The minimum atomic E-state index is 0.602. The minimum Gasteiger partial charge on any atom is -0.368 e. The zero-order chi connectivity index (χ0) is 19.3. The first-order valence-electron chi connectivity index (χ1n) is 9.57. The van der Waals surface area contributed by atoms with E-state index in [0.29, 0.717) is 5.95 Å². The molecule has 142 valence electrons. The third-order valence-corrected chi connectivity index (χ3v) is 4.79. The van der Waals surface area contributed by atoms with Crippen molar-refractivity contribution in [1.82, 2.24) is 20.2 Å². The van der Waals surface area contributed by atoms with Gasteiger partial charge in [0, 0.05) is 35.9 Å². The number of benzene rings is 2. The number of fused-ring (bicyclic) bond motifs is 1. The molecule has 2 aromatic carbocycles. The molecule has 6 nitrogen and oxygen atoms in total. The minimum absolute atomic E-state index is 0.602.